The molecule has 15 heavy (non-hydrogen) atoms. The smallest absolute Gasteiger partial charge is 0.315 e. The van der Waals surface area contributed by atoms with E-state index in [0.29, 0.717) is 18.5 Å². The third-order valence-corrected chi connectivity index (χ3v) is 2.51. The molecule has 3 N–H and O–H groups in total. The summed E-state index contributed by atoms with van der Waals surface area (Å²) in [6.07, 6.45) is 1.79. The van der Waals surface area contributed by atoms with Gasteiger partial charge in [0, 0.05) is 11.1 Å². The second-order valence-corrected chi connectivity index (χ2v) is 4.03. The molecule has 2 rings (SSSR count). The van der Waals surface area contributed by atoms with Crippen LogP contribution in [0.4, 0.5) is 6.01 Å². The van der Waals surface area contributed by atoms with Crippen LogP contribution >= 0.6 is 11.3 Å². The molecule has 0 spiro atoms. The number of hydrogen-bond donors (Lipinski definition) is 2. The van der Waals surface area contributed by atoms with E-state index >= 15 is 0 Å². The zero-order valence-corrected chi connectivity index (χ0v) is 8.99. The van der Waals surface area contributed by atoms with Gasteiger partial charge in [0.2, 0.25) is 5.89 Å². The minimum absolute atomic E-state index is 0.239. The second kappa shape index (κ2) is 4.37. The highest BCUT2D eigenvalue weighted by atomic mass is 32.1. The molecule has 2 aromatic heterocycles. The Morgan fingerprint density at radius 1 is 1.60 bits per heavy atom. The third-order valence-electron chi connectivity index (χ3n) is 1.73. The number of nitrogens with zero attached hydrogens (tertiary/aromatic N) is 3. The topological polar surface area (TPSA) is 89.9 Å². The van der Waals surface area contributed by atoms with Crippen molar-refractivity contribution in [3.8, 4) is 0 Å². The maximum absolute atomic E-state index is 5.59. The third kappa shape index (κ3) is 2.51. The molecule has 2 aromatic rings. The minimum atomic E-state index is -0.239. The molecular weight excluding hydrogens is 214 g/mol. The Morgan fingerprint density at radius 2 is 2.47 bits per heavy atom. The van der Waals surface area contributed by atoms with Gasteiger partial charge < -0.3 is 15.5 Å². The monoisotopic (exact) mass is 225 g/mol. The summed E-state index contributed by atoms with van der Waals surface area (Å²) in [6, 6.07) is 0.146. The summed E-state index contributed by atoms with van der Waals surface area (Å²) >= 11 is 1.57. The fourth-order valence-electron chi connectivity index (χ4n) is 0.982. The van der Waals surface area contributed by atoms with E-state index in [1.165, 1.54) is 0 Å². The molecule has 7 heteroatoms. The summed E-state index contributed by atoms with van der Waals surface area (Å²) in [5, 5.41) is 10.6. The van der Waals surface area contributed by atoms with Crippen molar-refractivity contribution in [2.75, 3.05) is 5.32 Å². The van der Waals surface area contributed by atoms with Crippen LogP contribution < -0.4 is 11.1 Å². The quantitative estimate of drug-likeness (QED) is 0.811. The largest absolute Gasteiger partial charge is 0.406 e. The lowest BCUT2D eigenvalue weighted by Gasteiger charge is -1.97. The molecule has 6 nitrogen and oxygen atoms in total. The Morgan fingerprint density at radius 3 is 3.07 bits per heavy atom. The minimum Gasteiger partial charge on any atom is -0.406 e. The molecule has 0 radical (unpaired) electrons. The fraction of sp³-hybridized carbons (Fsp3) is 0.375. The highest BCUT2D eigenvalue weighted by molar-refractivity contribution is 7.09. The number of rotatable bonds is 4. The summed E-state index contributed by atoms with van der Waals surface area (Å²) in [5.74, 6) is 0.432. The van der Waals surface area contributed by atoms with Gasteiger partial charge in [0.1, 0.15) is 0 Å². The number of nitrogens with two attached hydrogens (primary N) is 1. The Kier molecular flexibility index (Phi) is 2.93. The number of hydrogen-bond acceptors (Lipinski definition) is 7. The van der Waals surface area contributed by atoms with E-state index in [1.807, 2.05) is 0 Å². The van der Waals surface area contributed by atoms with Crippen LogP contribution in [0, 0.1) is 0 Å². The summed E-state index contributed by atoms with van der Waals surface area (Å²) < 4.78 is 5.27. The van der Waals surface area contributed by atoms with E-state index in [9.17, 15) is 0 Å². The first kappa shape index (κ1) is 10.1. The zero-order valence-electron chi connectivity index (χ0n) is 8.17. The van der Waals surface area contributed by atoms with Crippen molar-refractivity contribution in [3.05, 3.63) is 22.5 Å². The molecule has 1 atom stereocenters. The molecule has 2 heterocycles. The highest BCUT2D eigenvalue weighted by Gasteiger charge is 2.09. The predicted molar refractivity (Wildman–Crippen MR) is 56.3 cm³/mol. The molecular formula is C8H11N5OS. The maximum Gasteiger partial charge on any atom is 0.315 e. The van der Waals surface area contributed by atoms with Crippen molar-refractivity contribution >= 4 is 17.4 Å². The first-order valence-corrected chi connectivity index (χ1v) is 5.34. The number of thiazole rings is 1. The van der Waals surface area contributed by atoms with Gasteiger partial charge in [-0.1, -0.05) is 5.10 Å². The maximum atomic E-state index is 5.59. The lowest BCUT2D eigenvalue weighted by Crippen LogP contribution is -2.04. The van der Waals surface area contributed by atoms with Gasteiger partial charge in [0.05, 0.1) is 18.1 Å². The van der Waals surface area contributed by atoms with Gasteiger partial charge in [-0.15, -0.1) is 16.4 Å². The lowest BCUT2D eigenvalue weighted by atomic mass is 10.4. The standard InChI is InChI=1S/C8H11N5OS/c1-5(9)7-12-13-8(14-7)11-3-6-2-10-4-15-6/h2,4-5H,3,9H2,1H3,(H,11,13). The average molecular weight is 225 g/mol. The van der Waals surface area contributed by atoms with Gasteiger partial charge >= 0.3 is 6.01 Å². The van der Waals surface area contributed by atoms with Gasteiger partial charge in [-0.2, -0.15) is 0 Å². The van der Waals surface area contributed by atoms with E-state index in [-0.39, 0.29) is 6.04 Å². The molecule has 0 aliphatic heterocycles. The molecule has 0 bridgehead atoms. The van der Waals surface area contributed by atoms with Crippen LogP contribution in [0.25, 0.3) is 0 Å². The molecule has 0 aromatic carbocycles. The second-order valence-electron chi connectivity index (χ2n) is 3.06. The van der Waals surface area contributed by atoms with Gasteiger partial charge in [0.15, 0.2) is 0 Å². The number of anilines is 1. The van der Waals surface area contributed by atoms with Crippen LogP contribution in [-0.2, 0) is 6.54 Å². The van der Waals surface area contributed by atoms with Crippen molar-refractivity contribution in [3.63, 3.8) is 0 Å². The first-order valence-electron chi connectivity index (χ1n) is 4.46. The first-order chi connectivity index (χ1) is 7.25. The average Bonchev–Trinajstić information content (AvgIpc) is 2.86. The molecule has 0 fully saturated rings. The SMILES string of the molecule is CC(N)c1nnc(NCc2cncs2)o1. The molecule has 0 aliphatic rings. The van der Waals surface area contributed by atoms with Crippen LogP contribution in [0.2, 0.25) is 0 Å². The summed E-state index contributed by atoms with van der Waals surface area (Å²) in [4.78, 5) is 5.07. The van der Waals surface area contributed by atoms with Crippen molar-refractivity contribution in [1.82, 2.24) is 15.2 Å². The Balaban J connectivity index is 1.94. The molecule has 0 amide bonds. The Bertz CT molecular complexity index is 410. The van der Waals surface area contributed by atoms with Gasteiger partial charge in [-0.25, -0.2) is 0 Å². The molecule has 80 valence electrons. The Hall–Kier alpha value is -1.47. The molecule has 0 saturated carbocycles. The van der Waals surface area contributed by atoms with Crippen LogP contribution in [0.1, 0.15) is 23.7 Å². The number of nitrogens with one attached hydrogen (secondary N) is 1. The van der Waals surface area contributed by atoms with Crippen LogP contribution in [0.15, 0.2) is 16.1 Å². The van der Waals surface area contributed by atoms with Crippen molar-refractivity contribution in [1.29, 1.82) is 0 Å². The summed E-state index contributed by atoms with van der Waals surface area (Å²) in [6.45, 7) is 2.42. The van der Waals surface area contributed by atoms with Gasteiger partial charge in [-0.3, -0.25) is 4.98 Å². The van der Waals surface area contributed by atoms with Crippen molar-refractivity contribution in [2.45, 2.75) is 19.5 Å². The summed E-state index contributed by atoms with van der Waals surface area (Å²) in [5.41, 5.74) is 7.36. The normalized spacial score (nSPS) is 12.7. The van der Waals surface area contributed by atoms with E-state index in [2.05, 4.69) is 20.5 Å². The number of aromatic nitrogens is 3. The van der Waals surface area contributed by atoms with E-state index in [0.717, 1.165) is 4.88 Å². The zero-order chi connectivity index (χ0) is 10.7. The van der Waals surface area contributed by atoms with E-state index in [4.69, 9.17) is 10.2 Å². The molecule has 1 unspecified atom stereocenters. The highest BCUT2D eigenvalue weighted by Crippen LogP contribution is 2.13. The van der Waals surface area contributed by atoms with E-state index < -0.39 is 0 Å². The van der Waals surface area contributed by atoms with Gasteiger partial charge in [-0.05, 0) is 6.92 Å². The van der Waals surface area contributed by atoms with Gasteiger partial charge in [0.25, 0.3) is 0 Å². The van der Waals surface area contributed by atoms with Crippen molar-refractivity contribution in [2.24, 2.45) is 5.73 Å². The van der Waals surface area contributed by atoms with Crippen LogP contribution in [0.5, 0.6) is 0 Å². The summed E-state index contributed by atoms with van der Waals surface area (Å²) in [7, 11) is 0. The molecule has 0 saturated heterocycles. The predicted octanol–water partition coefficient (Wildman–Crippen LogP) is 1.16. The van der Waals surface area contributed by atoms with Crippen LogP contribution in [-0.4, -0.2) is 15.2 Å². The lowest BCUT2D eigenvalue weighted by molar-refractivity contribution is 0.473. The molecule has 0 aliphatic carbocycles. The van der Waals surface area contributed by atoms with Crippen molar-refractivity contribution < 1.29 is 4.42 Å². The van der Waals surface area contributed by atoms with Crippen LogP contribution in [0.3, 0.4) is 0 Å². The fourth-order valence-corrected chi connectivity index (χ4v) is 1.52. The Labute approximate surface area is 90.5 Å². The van der Waals surface area contributed by atoms with E-state index in [1.54, 1.807) is 30.0 Å².